The van der Waals surface area contributed by atoms with Gasteiger partial charge in [-0.3, -0.25) is 0 Å². The molecule has 93 heavy (non-hydrogen) atoms. The fourth-order valence-corrected chi connectivity index (χ4v) is 14.6. The van der Waals surface area contributed by atoms with Gasteiger partial charge in [-0.05, 0) is 145 Å². The first-order chi connectivity index (χ1) is 45.4. The Morgan fingerprint density at radius 1 is 0.226 bits per heavy atom. The Balaban J connectivity index is 0.646. The van der Waals surface area contributed by atoms with Crippen LogP contribution < -0.4 is 14.2 Å². The zero-order valence-corrected chi connectivity index (χ0v) is 55.8. The first-order valence-corrected chi connectivity index (χ1v) is 34.7. The molecule has 13 rings (SSSR count). The molecule has 0 N–H and O–H groups in total. The van der Waals surface area contributed by atoms with Gasteiger partial charge in [-0.2, -0.15) is 0 Å². The predicted molar refractivity (Wildman–Crippen MR) is 392 cm³/mol. The number of ether oxygens (including phenoxy) is 3. The number of hydrogen-bond donors (Lipinski definition) is 0. The van der Waals surface area contributed by atoms with Gasteiger partial charge in [0.15, 0.2) is 0 Å². The van der Waals surface area contributed by atoms with Crippen LogP contribution >= 0.6 is 0 Å². The highest BCUT2D eigenvalue weighted by Gasteiger charge is 2.33. The molecule has 0 aliphatic rings. The van der Waals surface area contributed by atoms with Crippen molar-refractivity contribution in [2.75, 3.05) is 19.8 Å². The second-order valence-electron chi connectivity index (χ2n) is 27.6. The molecule has 0 radical (unpaired) electrons. The van der Waals surface area contributed by atoms with Gasteiger partial charge in [-0.15, -0.1) is 0 Å². The summed E-state index contributed by atoms with van der Waals surface area (Å²) < 4.78 is 26.8. The van der Waals surface area contributed by atoms with E-state index in [1.807, 2.05) is 0 Å². The maximum absolute atomic E-state index is 6.41. The molecular formula is C87H93N3O3. The summed E-state index contributed by atoms with van der Waals surface area (Å²) in [6, 6.07) is 87.0. The van der Waals surface area contributed by atoms with Crippen molar-refractivity contribution in [1.82, 2.24) is 13.7 Å². The summed E-state index contributed by atoms with van der Waals surface area (Å²) in [7, 11) is 0. The van der Waals surface area contributed by atoms with E-state index < -0.39 is 0 Å². The lowest BCUT2D eigenvalue weighted by Gasteiger charge is -2.35. The van der Waals surface area contributed by atoms with Gasteiger partial charge in [0.05, 0.1) is 19.8 Å². The largest absolute Gasteiger partial charge is 0.494 e. The Bertz CT molecular complexity index is 3990. The van der Waals surface area contributed by atoms with E-state index >= 15 is 0 Å². The first kappa shape index (κ1) is 62.8. The molecule has 10 aromatic carbocycles. The van der Waals surface area contributed by atoms with Crippen molar-refractivity contribution in [3.63, 3.8) is 0 Å². The van der Waals surface area contributed by atoms with Gasteiger partial charge in [-0.25, -0.2) is 0 Å². The molecule has 0 fully saturated rings. The van der Waals surface area contributed by atoms with Crippen molar-refractivity contribution in [2.45, 2.75) is 154 Å². The van der Waals surface area contributed by atoms with Crippen LogP contribution in [0.25, 0.3) is 65.4 Å². The number of hydrogen-bond acceptors (Lipinski definition) is 3. The van der Waals surface area contributed by atoms with Gasteiger partial charge in [0, 0.05) is 101 Å². The van der Waals surface area contributed by atoms with E-state index in [9.17, 15) is 0 Å². The smallest absolute Gasteiger partial charge is 0.119 e. The van der Waals surface area contributed by atoms with Crippen LogP contribution in [0, 0.1) is 0 Å². The highest BCUT2D eigenvalue weighted by Crippen LogP contribution is 2.43. The second-order valence-corrected chi connectivity index (χ2v) is 27.6. The van der Waals surface area contributed by atoms with Crippen molar-refractivity contribution in [3.05, 3.63) is 270 Å². The zero-order valence-electron chi connectivity index (χ0n) is 55.8. The maximum atomic E-state index is 6.41. The molecule has 0 bridgehead atoms. The molecule has 0 atom stereocenters. The van der Waals surface area contributed by atoms with Crippen molar-refractivity contribution < 1.29 is 14.2 Å². The van der Waals surface area contributed by atoms with Crippen LogP contribution in [0.15, 0.2) is 237 Å². The number of benzene rings is 10. The number of aryl methyl sites for hydroxylation is 3. The zero-order chi connectivity index (χ0) is 63.8. The molecule has 0 aliphatic heterocycles. The molecule has 0 saturated carbocycles. The molecule has 3 aromatic heterocycles. The number of fused-ring (bicyclic) bond motifs is 9. The van der Waals surface area contributed by atoms with Gasteiger partial charge in [0.25, 0.3) is 0 Å². The van der Waals surface area contributed by atoms with Crippen molar-refractivity contribution in [2.24, 2.45) is 0 Å². The number of para-hydroxylation sites is 6. The number of aromatic nitrogens is 3. The van der Waals surface area contributed by atoms with Gasteiger partial charge >= 0.3 is 0 Å². The maximum Gasteiger partial charge on any atom is 0.119 e. The minimum atomic E-state index is -0.308. The van der Waals surface area contributed by atoms with Crippen LogP contribution in [-0.4, -0.2) is 33.5 Å². The van der Waals surface area contributed by atoms with E-state index in [4.69, 9.17) is 14.2 Å². The van der Waals surface area contributed by atoms with Crippen LogP contribution in [0.3, 0.4) is 0 Å². The highest BCUT2D eigenvalue weighted by atomic mass is 16.5. The van der Waals surface area contributed by atoms with Gasteiger partial charge in [0.2, 0.25) is 0 Å². The molecule has 6 heteroatoms. The highest BCUT2D eigenvalue weighted by molar-refractivity contribution is 6.09. The Hall–Kier alpha value is -9.00. The van der Waals surface area contributed by atoms with Crippen molar-refractivity contribution in [1.29, 1.82) is 0 Å². The first-order valence-electron chi connectivity index (χ1n) is 34.7. The summed E-state index contributed by atoms with van der Waals surface area (Å²) >= 11 is 0. The minimum Gasteiger partial charge on any atom is -0.494 e. The molecule has 0 saturated heterocycles. The molecular weight excluding hydrogens is 1130 g/mol. The van der Waals surface area contributed by atoms with E-state index in [-0.39, 0.29) is 16.2 Å². The molecule has 0 amide bonds. The predicted octanol–water partition coefficient (Wildman–Crippen LogP) is 22.9. The Labute approximate surface area is 551 Å². The molecule has 0 unspecified atom stereocenters. The number of nitrogens with zero attached hydrogens (tertiary/aromatic N) is 3. The van der Waals surface area contributed by atoms with Crippen LogP contribution in [0.5, 0.6) is 17.2 Å². The molecule has 0 spiro atoms. The van der Waals surface area contributed by atoms with Crippen LogP contribution in [0.4, 0.5) is 0 Å². The van der Waals surface area contributed by atoms with Gasteiger partial charge in [0.1, 0.15) is 17.2 Å². The molecule has 6 nitrogen and oxygen atoms in total. The third-order valence-electron chi connectivity index (χ3n) is 20.5. The quantitative estimate of drug-likeness (QED) is 0.0421. The normalized spacial score (nSPS) is 12.3. The van der Waals surface area contributed by atoms with Crippen molar-refractivity contribution >= 4 is 65.4 Å². The molecule has 3 heterocycles. The van der Waals surface area contributed by atoms with E-state index in [1.54, 1.807) is 0 Å². The lowest BCUT2D eigenvalue weighted by molar-refractivity contribution is 0.304. The number of unbranched alkanes of at least 4 members (excludes halogenated alkanes) is 9. The Morgan fingerprint density at radius 2 is 0.430 bits per heavy atom. The fraction of sp³-hybridized carbons (Fsp3) is 0.310. The van der Waals surface area contributed by atoms with Gasteiger partial charge < -0.3 is 27.9 Å². The van der Waals surface area contributed by atoms with E-state index in [2.05, 4.69) is 292 Å². The van der Waals surface area contributed by atoms with E-state index in [0.717, 1.165) is 94.7 Å². The fourth-order valence-electron chi connectivity index (χ4n) is 14.6. The van der Waals surface area contributed by atoms with Crippen LogP contribution in [0.1, 0.15) is 152 Å². The topological polar surface area (TPSA) is 42.5 Å². The Morgan fingerprint density at radius 3 is 0.656 bits per heavy atom. The third-order valence-corrected chi connectivity index (χ3v) is 20.5. The molecule has 13 aromatic rings. The second kappa shape index (κ2) is 28.1. The van der Waals surface area contributed by atoms with E-state index in [1.165, 1.54) is 118 Å². The Kier molecular flexibility index (Phi) is 19.0. The summed E-state index contributed by atoms with van der Waals surface area (Å²) in [5, 5.41) is 8.05. The third kappa shape index (κ3) is 13.5. The summed E-state index contributed by atoms with van der Waals surface area (Å²) in [6.45, 7) is 19.5. The van der Waals surface area contributed by atoms with E-state index in [0.29, 0.717) is 19.8 Å². The van der Waals surface area contributed by atoms with Crippen LogP contribution in [0.2, 0.25) is 0 Å². The molecule has 0 aliphatic carbocycles. The van der Waals surface area contributed by atoms with Crippen LogP contribution in [-0.2, 0) is 35.9 Å². The lowest BCUT2D eigenvalue weighted by Crippen LogP contribution is -2.26. The summed E-state index contributed by atoms with van der Waals surface area (Å²) in [6.07, 6.45) is 13.5. The number of rotatable bonds is 30. The average molecular weight is 1230 g/mol. The SMILES string of the molecule is CC(C)(c1ccc(OCCCCCCn2c3ccccc3c3ccccc32)cc1)c1cc(C(C)(C)c2ccc(OCCCCCCn3c4ccccc4c4ccccc43)cc2)cc(C(C)(C)c2ccc(OCCCCCCn3c4ccccc4c4ccccc43)cc2)c1. The summed E-state index contributed by atoms with van der Waals surface area (Å²) in [5.74, 6) is 2.78. The van der Waals surface area contributed by atoms with Gasteiger partial charge in [-0.1, -0.05) is 244 Å². The lowest BCUT2D eigenvalue weighted by atomic mass is 9.69. The monoisotopic (exact) mass is 1230 g/mol. The average Bonchev–Trinajstić information content (AvgIpc) is 1.51. The standard InChI is InChI=1S/C87H93N3O3/c1-85(2,64-43-49-70(50-44-64)91-58-28-10-7-25-55-88-79-37-19-13-31-73(79)74-32-14-20-38-80(74)88)67-61-68(86(3,4)65-45-51-71(52-46-65)92-59-29-11-8-26-56-89-81-39-21-15-33-75(81)76-34-16-22-40-82(76)89)63-69(62-67)87(5,6)66-47-53-72(54-48-66)93-60-30-12-9-27-57-90-83-41-23-17-35-77(83)78-36-18-24-42-84(78)90/h13-24,31-54,61-63H,7-12,25-30,55-60H2,1-6H3. The molecule has 474 valence electrons. The summed E-state index contributed by atoms with van der Waals surface area (Å²) in [5.41, 5.74) is 14.7. The van der Waals surface area contributed by atoms with Crippen molar-refractivity contribution in [3.8, 4) is 17.2 Å². The minimum absolute atomic E-state index is 0.308. The summed E-state index contributed by atoms with van der Waals surface area (Å²) in [4.78, 5) is 0.